The maximum atomic E-state index is 11.4. The summed E-state index contributed by atoms with van der Waals surface area (Å²) in [5.41, 5.74) is 7.45. The molecule has 0 heterocycles. The highest BCUT2D eigenvalue weighted by Gasteiger charge is 2.11. The molecule has 172 valence electrons. The van der Waals surface area contributed by atoms with Crippen LogP contribution >= 0.6 is 15.9 Å². The molecule has 0 aliphatic carbocycles. The number of nitrogens with two attached hydrogens (primary N) is 1. The number of benzene rings is 2. The molecule has 0 bridgehead atoms. The zero-order chi connectivity index (χ0) is 25.7. The molecule has 2 rings (SSSR count). The van der Waals surface area contributed by atoms with Gasteiger partial charge >= 0.3 is 11.9 Å². The van der Waals surface area contributed by atoms with Gasteiger partial charge < -0.3 is 25.8 Å². The highest BCUT2D eigenvalue weighted by atomic mass is 79.9. The first-order chi connectivity index (χ1) is 16.0. The first kappa shape index (κ1) is 28.2. The minimum absolute atomic E-state index is 0.0156. The van der Waals surface area contributed by atoms with Crippen LogP contribution in [0.2, 0.25) is 0 Å². The molecule has 0 spiro atoms. The van der Waals surface area contributed by atoms with Crippen molar-refractivity contribution < 1.29 is 28.7 Å². The highest BCUT2D eigenvalue weighted by molar-refractivity contribution is 9.10. The molecule has 0 atom stereocenters. The Kier molecular flexibility index (Phi) is 11.9. The van der Waals surface area contributed by atoms with Crippen molar-refractivity contribution >= 4 is 73.0 Å². The number of carbonyl (C=O) groups excluding carboxylic acids is 4. The number of nitrogens with one attached hydrogen (secondary N) is 2. The summed E-state index contributed by atoms with van der Waals surface area (Å²) in [4.78, 5) is 44.2. The van der Waals surface area contributed by atoms with E-state index in [0.29, 0.717) is 11.3 Å². The summed E-state index contributed by atoms with van der Waals surface area (Å²) in [6.07, 6.45) is 2.90. The topological polar surface area (TPSA) is 137 Å². The van der Waals surface area contributed by atoms with Crippen LogP contribution in [-0.4, -0.2) is 53.5 Å². The number of nitrogen functional groups attached to an aromatic ring is 1. The monoisotopic (exact) mass is 523 g/mol. The molecule has 0 aliphatic heterocycles. The molecular weight excluding hydrogens is 504 g/mol. The second-order valence-corrected chi connectivity index (χ2v) is 7.22. The number of hydrogen-bond donors (Lipinski definition) is 3. The second-order valence-electron chi connectivity index (χ2n) is 6.30. The van der Waals surface area contributed by atoms with E-state index in [2.05, 4.69) is 36.0 Å². The molecule has 2 aromatic carbocycles. The molecule has 0 aliphatic rings. The predicted molar refractivity (Wildman–Crippen MR) is 134 cm³/mol. The van der Waals surface area contributed by atoms with Gasteiger partial charge in [-0.15, -0.1) is 0 Å². The Balaban J connectivity index is 0.000000340. The number of amides is 2. The average Bonchev–Trinajstić information content (AvgIpc) is 2.77. The molecule has 0 saturated carbocycles. The van der Waals surface area contributed by atoms with Gasteiger partial charge in [0.05, 0.1) is 14.2 Å². The van der Waals surface area contributed by atoms with E-state index in [4.69, 9.17) is 21.4 Å². The van der Waals surface area contributed by atoms with E-state index < -0.39 is 23.6 Å². The Bertz CT molecular complexity index is 1030. The van der Waals surface area contributed by atoms with Gasteiger partial charge in [-0.05, 0) is 47.5 Å². The van der Waals surface area contributed by atoms with Crippen LogP contribution in [-0.2, 0) is 19.1 Å². The molecule has 0 fully saturated rings. The molecule has 4 radical (unpaired) electrons. The fourth-order valence-corrected chi connectivity index (χ4v) is 2.77. The zero-order valence-corrected chi connectivity index (χ0v) is 19.9. The van der Waals surface area contributed by atoms with Crippen molar-refractivity contribution in [2.24, 2.45) is 0 Å². The number of methoxy groups -OCH3 is 2. The largest absolute Gasteiger partial charge is 0.464 e. The van der Waals surface area contributed by atoms with E-state index in [1.807, 2.05) is 6.07 Å². The van der Waals surface area contributed by atoms with E-state index >= 15 is 0 Å². The normalized spacial score (nSPS) is 10.8. The fraction of sp³-hybridized carbons (Fsp3) is 0.0909. The summed E-state index contributed by atoms with van der Waals surface area (Å²) in [5, 5.41) is 4.39. The zero-order valence-electron chi connectivity index (χ0n) is 18.3. The molecular formula is C22H20B2BrN3O6. The Morgan fingerprint density at radius 2 is 1.26 bits per heavy atom. The summed E-state index contributed by atoms with van der Waals surface area (Å²) in [5.74, 6) is -3.02. The van der Waals surface area contributed by atoms with Crippen LogP contribution in [0, 0.1) is 0 Å². The summed E-state index contributed by atoms with van der Waals surface area (Å²) in [6.45, 7) is 0. The number of rotatable bonds is 6. The second kappa shape index (κ2) is 14.4. The van der Waals surface area contributed by atoms with Gasteiger partial charge in [0.1, 0.15) is 11.4 Å². The highest BCUT2D eigenvalue weighted by Crippen LogP contribution is 2.14. The van der Waals surface area contributed by atoms with Gasteiger partial charge in [-0.2, -0.15) is 0 Å². The molecule has 4 N–H and O–H groups in total. The van der Waals surface area contributed by atoms with Gasteiger partial charge in [0.2, 0.25) is 15.7 Å². The van der Waals surface area contributed by atoms with Gasteiger partial charge in [0, 0.05) is 10.2 Å². The number of esters is 2. The van der Waals surface area contributed by atoms with Crippen LogP contribution in [0.15, 0.2) is 64.4 Å². The van der Waals surface area contributed by atoms with Crippen molar-refractivity contribution in [1.29, 1.82) is 0 Å². The smallest absolute Gasteiger partial charge is 0.354 e. The number of hydrogen-bond acceptors (Lipinski definition) is 7. The standard InChI is InChI=1S/C11H9BBrNO3.C11H11BN2O3/c2*1-17-10(15)9(14-11(12)16)6-7-3-2-4-8(13)5-7/h2-6H,1H3,(H,14,16);2-6H,13H2,1H3,(H,14,16)/b2*9-6+. The van der Waals surface area contributed by atoms with Gasteiger partial charge in [-0.3, -0.25) is 9.59 Å². The summed E-state index contributed by atoms with van der Waals surface area (Å²) < 4.78 is 9.89. The van der Waals surface area contributed by atoms with E-state index in [-0.39, 0.29) is 11.4 Å². The predicted octanol–water partition coefficient (Wildman–Crippen LogP) is 2.50. The third-order valence-electron chi connectivity index (χ3n) is 3.71. The Hall–Kier alpha value is -3.79. The van der Waals surface area contributed by atoms with E-state index in [1.54, 1.807) is 42.5 Å². The molecule has 0 aromatic heterocycles. The van der Waals surface area contributed by atoms with Crippen molar-refractivity contribution in [2.45, 2.75) is 0 Å². The Morgan fingerprint density at radius 1 is 0.824 bits per heavy atom. The maximum Gasteiger partial charge on any atom is 0.354 e. The van der Waals surface area contributed by atoms with E-state index in [0.717, 1.165) is 10.0 Å². The van der Waals surface area contributed by atoms with Crippen molar-refractivity contribution in [2.75, 3.05) is 20.0 Å². The van der Waals surface area contributed by atoms with Gasteiger partial charge in [0.25, 0.3) is 0 Å². The molecule has 12 heteroatoms. The average molecular weight is 524 g/mol. The SMILES string of the molecule is [B]C(=O)N/C(=C/c1cccc(Br)c1)C(=O)OC.[B]C(=O)N/C(=C/c1cccc(N)c1)C(=O)OC. The lowest BCUT2D eigenvalue weighted by molar-refractivity contribution is -0.137. The van der Waals surface area contributed by atoms with Crippen LogP contribution in [0.1, 0.15) is 11.1 Å². The van der Waals surface area contributed by atoms with E-state index in [1.165, 1.54) is 26.4 Å². The van der Waals surface area contributed by atoms with Crippen LogP contribution in [0.25, 0.3) is 12.2 Å². The van der Waals surface area contributed by atoms with E-state index in [9.17, 15) is 19.2 Å². The minimum atomic E-state index is -0.842. The number of halogens is 1. The van der Waals surface area contributed by atoms with Gasteiger partial charge in [-0.1, -0.05) is 40.2 Å². The lowest BCUT2D eigenvalue weighted by Crippen LogP contribution is -2.26. The lowest BCUT2D eigenvalue weighted by Gasteiger charge is -2.06. The quantitative estimate of drug-likeness (QED) is 0.229. The van der Waals surface area contributed by atoms with Crippen molar-refractivity contribution in [3.63, 3.8) is 0 Å². The fourth-order valence-electron chi connectivity index (χ4n) is 2.36. The minimum Gasteiger partial charge on any atom is -0.464 e. The molecule has 9 nitrogen and oxygen atoms in total. The lowest BCUT2D eigenvalue weighted by atomic mass is 10.1. The van der Waals surface area contributed by atoms with Gasteiger partial charge in [-0.25, -0.2) is 9.59 Å². The number of anilines is 1. The first-order valence-corrected chi connectivity index (χ1v) is 10.2. The summed E-state index contributed by atoms with van der Waals surface area (Å²) in [7, 11) is 12.3. The van der Waals surface area contributed by atoms with Gasteiger partial charge in [0.15, 0.2) is 11.6 Å². The molecule has 2 aromatic rings. The van der Waals surface area contributed by atoms with Crippen LogP contribution in [0.4, 0.5) is 15.3 Å². The third kappa shape index (κ3) is 10.7. The van der Waals surface area contributed by atoms with Crippen molar-refractivity contribution in [3.05, 3.63) is 75.5 Å². The number of carbonyl (C=O) groups is 4. The van der Waals surface area contributed by atoms with Crippen LogP contribution in [0.3, 0.4) is 0 Å². The molecule has 0 unspecified atom stereocenters. The van der Waals surface area contributed by atoms with Crippen LogP contribution in [0.5, 0.6) is 0 Å². The maximum absolute atomic E-state index is 11.4. The van der Waals surface area contributed by atoms with Crippen molar-refractivity contribution in [1.82, 2.24) is 10.6 Å². The molecule has 0 saturated heterocycles. The first-order valence-electron chi connectivity index (χ1n) is 9.39. The Labute approximate surface area is 207 Å². The van der Waals surface area contributed by atoms with Crippen LogP contribution < -0.4 is 16.4 Å². The summed E-state index contributed by atoms with van der Waals surface area (Å²) >= 11 is 3.30. The third-order valence-corrected chi connectivity index (χ3v) is 4.20. The molecule has 2 amide bonds. The Morgan fingerprint density at radius 3 is 1.65 bits per heavy atom. The molecule has 34 heavy (non-hydrogen) atoms. The van der Waals surface area contributed by atoms with Crippen molar-refractivity contribution in [3.8, 4) is 0 Å². The number of ether oxygens (including phenoxy) is 2. The summed E-state index contributed by atoms with van der Waals surface area (Å²) in [6, 6.07) is 14.0.